The molecular formula is C30H31F3N6O3. The van der Waals surface area contributed by atoms with Gasteiger partial charge >= 0.3 is 6.18 Å². The molecule has 1 fully saturated rings. The minimum atomic E-state index is -4.46. The molecule has 12 heteroatoms. The fourth-order valence-corrected chi connectivity index (χ4v) is 5.42. The van der Waals surface area contributed by atoms with E-state index >= 15 is 0 Å². The second kappa shape index (κ2) is 11.8. The van der Waals surface area contributed by atoms with E-state index in [2.05, 4.69) is 20.3 Å². The van der Waals surface area contributed by atoms with Gasteiger partial charge in [-0.2, -0.15) is 13.2 Å². The number of likely N-dealkylation sites (tertiary alicyclic amines) is 1. The first-order valence-electron chi connectivity index (χ1n) is 13.5. The fraction of sp³-hybridized carbons (Fsp3) is 0.333. The summed E-state index contributed by atoms with van der Waals surface area (Å²) in [7, 11) is 1.49. The highest BCUT2D eigenvalue weighted by molar-refractivity contribution is 5.96. The number of aromatic amines is 1. The van der Waals surface area contributed by atoms with Crippen molar-refractivity contribution in [2.24, 2.45) is 0 Å². The van der Waals surface area contributed by atoms with E-state index in [4.69, 9.17) is 4.74 Å². The number of ether oxygens (including phenoxy) is 1. The van der Waals surface area contributed by atoms with Crippen LogP contribution in [0.3, 0.4) is 0 Å². The second-order valence-electron chi connectivity index (χ2n) is 10.2. The molecule has 9 nitrogen and oxygen atoms in total. The molecule has 0 bridgehead atoms. The molecule has 1 saturated heterocycles. The zero-order chi connectivity index (χ0) is 29.9. The minimum absolute atomic E-state index is 0.157. The van der Waals surface area contributed by atoms with Gasteiger partial charge in [0.1, 0.15) is 17.8 Å². The number of H-pyrrole nitrogens is 1. The predicted molar refractivity (Wildman–Crippen MR) is 151 cm³/mol. The van der Waals surface area contributed by atoms with E-state index in [1.807, 2.05) is 17.0 Å². The van der Waals surface area contributed by atoms with Crippen molar-refractivity contribution < 1.29 is 27.5 Å². The van der Waals surface area contributed by atoms with Gasteiger partial charge in [-0.25, -0.2) is 9.97 Å². The number of hydrogen-bond acceptors (Lipinski definition) is 6. The van der Waals surface area contributed by atoms with Crippen molar-refractivity contribution in [3.8, 4) is 0 Å². The number of fused-ring (bicyclic) bond motifs is 1. The van der Waals surface area contributed by atoms with Gasteiger partial charge in [0.2, 0.25) is 5.91 Å². The monoisotopic (exact) mass is 580 g/mol. The second-order valence-corrected chi connectivity index (χ2v) is 10.2. The highest BCUT2D eigenvalue weighted by Crippen LogP contribution is 2.39. The summed E-state index contributed by atoms with van der Waals surface area (Å²) in [6, 6.07) is 14.2. The number of nitrogens with zero attached hydrogens (tertiary/aromatic N) is 4. The number of benzene rings is 2. The Balaban J connectivity index is 1.37. The molecule has 1 aliphatic rings. The summed E-state index contributed by atoms with van der Waals surface area (Å²) >= 11 is 0. The first kappa shape index (κ1) is 29.1. The number of carbonyl (C=O) groups is 2. The lowest BCUT2D eigenvalue weighted by Crippen LogP contribution is -2.46. The number of nitrogens with one attached hydrogen (secondary N) is 2. The molecule has 2 N–H and O–H groups in total. The lowest BCUT2D eigenvalue weighted by atomic mass is 9.83. The van der Waals surface area contributed by atoms with E-state index in [9.17, 15) is 22.8 Å². The standard InChI is InChI=1S/C30H31F3N6O3/c1-20(40)34-13-16-39(27-25-9-12-35-26(25)36-19-37-27)24-8-3-5-21(17-24)28(41)38-14-10-29(42-2,11-15-38)22-6-4-7-23(18-22)30(31,32)33/h3-9,12,17-19H,10-11,13-16H2,1-2H3,(H,34,40)(H,35,36,37). The molecule has 5 rings (SSSR count). The lowest BCUT2D eigenvalue weighted by molar-refractivity contribution is -0.138. The first-order valence-corrected chi connectivity index (χ1v) is 13.5. The van der Waals surface area contributed by atoms with Gasteiger partial charge in [-0.1, -0.05) is 18.2 Å². The van der Waals surface area contributed by atoms with Gasteiger partial charge in [-0.15, -0.1) is 0 Å². The minimum Gasteiger partial charge on any atom is -0.373 e. The molecule has 2 amide bonds. The van der Waals surface area contributed by atoms with Crippen LogP contribution in [0, 0.1) is 0 Å². The first-order chi connectivity index (χ1) is 20.1. The summed E-state index contributed by atoms with van der Waals surface area (Å²) in [6.07, 6.45) is -0.530. The maximum absolute atomic E-state index is 13.6. The number of amides is 2. The zero-order valence-corrected chi connectivity index (χ0v) is 23.2. The van der Waals surface area contributed by atoms with E-state index in [1.165, 1.54) is 26.4 Å². The summed E-state index contributed by atoms with van der Waals surface area (Å²) < 4.78 is 45.9. The average molecular weight is 581 g/mol. The Morgan fingerprint density at radius 3 is 2.57 bits per heavy atom. The number of carbonyl (C=O) groups excluding carboxylic acids is 2. The van der Waals surface area contributed by atoms with Crippen LogP contribution in [0.4, 0.5) is 24.7 Å². The molecule has 0 atom stereocenters. The van der Waals surface area contributed by atoms with Crippen molar-refractivity contribution in [2.45, 2.75) is 31.5 Å². The number of alkyl halides is 3. The van der Waals surface area contributed by atoms with Crippen molar-refractivity contribution in [3.05, 3.63) is 83.8 Å². The van der Waals surface area contributed by atoms with Crippen molar-refractivity contribution >= 4 is 34.4 Å². The predicted octanol–water partition coefficient (Wildman–Crippen LogP) is 5.03. The molecule has 0 radical (unpaired) electrons. The van der Waals surface area contributed by atoms with Gasteiger partial charge in [-0.05, 0) is 54.8 Å². The Morgan fingerprint density at radius 1 is 1.10 bits per heavy atom. The molecule has 220 valence electrons. The van der Waals surface area contributed by atoms with Crippen LogP contribution in [-0.4, -0.2) is 65.0 Å². The van der Waals surface area contributed by atoms with Crippen molar-refractivity contribution in [3.63, 3.8) is 0 Å². The van der Waals surface area contributed by atoms with Crippen LogP contribution in [0.1, 0.15) is 41.3 Å². The van der Waals surface area contributed by atoms with Gasteiger partial charge in [0.05, 0.1) is 16.6 Å². The number of halogens is 3. The largest absolute Gasteiger partial charge is 0.416 e. The number of rotatable bonds is 8. The number of aromatic nitrogens is 3. The quantitative estimate of drug-likeness (QED) is 0.303. The highest BCUT2D eigenvalue weighted by Gasteiger charge is 2.40. The normalized spacial score (nSPS) is 15.0. The maximum Gasteiger partial charge on any atom is 0.416 e. The summed E-state index contributed by atoms with van der Waals surface area (Å²) in [5.41, 5.74) is 0.627. The molecular weight excluding hydrogens is 549 g/mol. The number of piperidine rings is 1. The molecule has 0 aliphatic carbocycles. The van der Waals surface area contributed by atoms with Gasteiger partial charge in [0, 0.05) is 57.7 Å². The Hall–Kier alpha value is -4.45. The third-order valence-corrected chi connectivity index (χ3v) is 7.67. The summed E-state index contributed by atoms with van der Waals surface area (Å²) in [5, 5.41) is 3.59. The van der Waals surface area contributed by atoms with Crippen LogP contribution in [0.2, 0.25) is 0 Å². The van der Waals surface area contributed by atoms with Crippen molar-refractivity contribution in [1.29, 1.82) is 0 Å². The van der Waals surface area contributed by atoms with Crippen LogP contribution >= 0.6 is 0 Å². The molecule has 1 aliphatic heterocycles. The summed E-state index contributed by atoms with van der Waals surface area (Å²) in [5.74, 6) is 0.276. The Morgan fingerprint density at radius 2 is 1.86 bits per heavy atom. The van der Waals surface area contributed by atoms with Crippen LogP contribution in [0.25, 0.3) is 11.0 Å². The summed E-state index contributed by atoms with van der Waals surface area (Å²) in [4.78, 5) is 40.6. The van der Waals surface area contributed by atoms with E-state index < -0.39 is 17.3 Å². The number of methoxy groups -OCH3 is 1. The zero-order valence-electron chi connectivity index (χ0n) is 23.2. The molecule has 3 heterocycles. The van der Waals surface area contributed by atoms with Crippen molar-refractivity contribution in [2.75, 3.05) is 38.2 Å². The lowest BCUT2D eigenvalue weighted by Gasteiger charge is -2.41. The van der Waals surface area contributed by atoms with Gasteiger partial charge in [-0.3, -0.25) is 9.59 Å². The van der Waals surface area contributed by atoms with Crippen LogP contribution in [0.5, 0.6) is 0 Å². The van der Waals surface area contributed by atoms with Crippen LogP contribution < -0.4 is 10.2 Å². The van der Waals surface area contributed by atoms with Gasteiger partial charge in [0.25, 0.3) is 5.91 Å². The Kier molecular flexibility index (Phi) is 8.17. The smallest absolute Gasteiger partial charge is 0.373 e. The van der Waals surface area contributed by atoms with Crippen LogP contribution in [-0.2, 0) is 21.3 Å². The number of anilines is 2. The fourth-order valence-electron chi connectivity index (χ4n) is 5.42. The SMILES string of the molecule is COC1(c2cccc(C(F)(F)F)c2)CCN(C(=O)c2cccc(N(CCNC(C)=O)c3ncnc4[nH]ccc34)c2)CC1. The third-order valence-electron chi connectivity index (χ3n) is 7.67. The average Bonchev–Trinajstić information content (AvgIpc) is 3.48. The number of hydrogen-bond donors (Lipinski definition) is 2. The molecule has 42 heavy (non-hydrogen) atoms. The van der Waals surface area contributed by atoms with E-state index in [0.717, 1.165) is 17.5 Å². The van der Waals surface area contributed by atoms with Gasteiger partial charge in [0.15, 0.2) is 0 Å². The van der Waals surface area contributed by atoms with E-state index in [-0.39, 0.29) is 11.8 Å². The molecule has 0 saturated carbocycles. The highest BCUT2D eigenvalue weighted by atomic mass is 19.4. The molecule has 0 spiro atoms. The Bertz CT molecular complexity index is 1580. The summed E-state index contributed by atoms with van der Waals surface area (Å²) in [6.45, 7) is 2.82. The molecule has 0 unspecified atom stereocenters. The topological polar surface area (TPSA) is 103 Å². The van der Waals surface area contributed by atoms with Gasteiger partial charge < -0.3 is 24.8 Å². The van der Waals surface area contributed by atoms with Crippen LogP contribution in [0.15, 0.2) is 67.1 Å². The third kappa shape index (κ3) is 5.94. The van der Waals surface area contributed by atoms with Crippen molar-refractivity contribution in [1.82, 2.24) is 25.2 Å². The molecule has 2 aromatic carbocycles. The maximum atomic E-state index is 13.6. The van der Waals surface area contributed by atoms with E-state index in [1.54, 1.807) is 35.4 Å². The van der Waals surface area contributed by atoms with E-state index in [0.29, 0.717) is 67.3 Å². The molecule has 2 aromatic heterocycles. The Labute approximate surface area is 240 Å². The molecule has 4 aromatic rings.